The topological polar surface area (TPSA) is 18.5 Å². The molecule has 1 aromatic carbocycles. The van der Waals surface area contributed by atoms with Crippen molar-refractivity contribution in [3.8, 4) is 5.75 Å². The first-order chi connectivity index (χ1) is 5.75. The van der Waals surface area contributed by atoms with Gasteiger partial charge in [0, 0.05) is 7.11 Å². The van der Waals surface area contributed by atoms with Gasteiger partial charge in [-0.1, -0.05) is 12.1 Å². The standard InChI is InChI=1S/C9H11BrO2/c1-7-4-3-5-8(9(7)10)12-6-11-2/h3-5H,6H2,1-2H3. The first kappa shape index (κ1) is 9.55. The van der Waals surface area contributed by atoms with Gasteiger partial charge >= 0.3 is 0 Å². The monoisotopic (exact) mass is 230 g/mol. The van der Waals surface area contributed by atoms with E-state index in [2.05, 4.69) is 15.9 Å². The maximum absolute atomic E-state index is 5.30. The van der Waals surface area contributed by atoms with E-state index in [9.17, 15) is 0 Å². The molecular weight excluding hydrogens is 220 g/mol. The molecule has 0 bridgehead atoms. The molecule has 0 spiro atoms. The molecular formula is C9H11BrO2. The summed E-state index contributed by atoms with van der Waals surface area (Å²) in [6, 6.07) is 5.87. The first-order valence-corrected chi connectivity index (χ1v) is 4.42. The molecule has 0 radical (unpaired) electrons. The predicted molar refractivity (Wildman–Crippen MR) is 51.4 cm³/mol. The van der Waals surface area contributed by atoms with Crippen molar-refractivity contribution in [1.82, 2.24) is 0 Å². The Morgan fingerprint density at radius 1 is 1.42 bits per heavy atom. The molecule has 1 rings (SSSR count). The fourth-order valence-electron chi connectivity index (χ4n) is 0.854. The van der Waals surface area contributed by atoms with Crippen molar-refractivity contribution in [2.24, 2.45) is 0 Å². The SMILES string of the molecule is COCOc1cccc(C)c1Br. The van der Waals surface area contributed by atoms with Gasteiger partial charge in [-0.05, 0) is 34.5 Å². The predicted octanol–water partition coefficient (Wildman–Crippen LogP) is 2.74. The van der Waals surface area contributed by atoms with Crippen molar-refractivity contribution in [2.75, 3.05) is 13.9 Å². The van der Waals surface area contributed by atoms with Crippen LogP contribution in [0.5, 0.6) is 5.75 Å². The van der Waals surface area contributed by atoms with E-state index in [1.807, 2.05) is 25.1 Å². The third-order valence-corrected chi connectivity index (χ3v) is 2.50. The average Bonchev–Trinajstić information content (AvgIpc) is 2.08. The third kappa shape index (κ3) is 2.22. The van der Waals surface area contributed by atoms with Crippen LogP contribution in [-0.4, -0.2) is 13.9 Å². The highest BCUT2D eigenvalue weighted by molar-refractivity contribution is 9.10. The number of aryl methyl sites for hydroxylation is 1. The number of ether oxygens (including phenoxy) is 2. The summed E-state index contributed by atoms with van der Waals surface area (Å²) in [4.78, 5) is 0. The minimum atomic E-state index is 0.280. The van der Waals surface area contributed by atoms with Crippen LogP contribution in [0.25, 0.3) is 0 Å². The number of halogens is 1. The Morgan fingerprint density at radius 2 is 2.17 bits per heavy atom. The summed E-state index contributed by atoms with van der Waals surface area (Å²) < 4.78 is 11.1. The Labute approximate surface area is 80.6 Å². The molecule has 0 aliphatic carbocycles. The van der Waals surface area contributed by atoms with Gasteiger partial charge in [0.25, 0.3) is 0 Å². The Balaban J connectivity index is 2.78. The molecule has 0 aliphatic heterocycles. The molecule has 0 aromatic heterocycles. The van der Waals surface area contributed by atoms with E-state index in [1.54, 1.807) is 7.11 Å². The normalized spacial score (nSPS) is 9.92. The summed E-state index contributed by atoms with van der Waals surface area (Å²) in [6.07, 6.45) is 0. The summed E-state index contributed by atoms with van der Waals surface area (Å²) in [5, 5.41) is 0. The second kappa shape index (κ2) is 4.48. The molecule has 0 unspecified atom stereocenters. The van der Waals surface area contributed by atoms with E-state index < -0.39 is 0 Å². The minimum Gasteiger partial charge on any atom is -0.466 e. The molecule has 1 aromatic rings. The summed E-state index contributed by atoms with van der Waals surface area (Å²) in [5.74, 6) is 0.817. The van der Waals surface area contributed by atoms with Crippen LogP contribution in [0, 0.1) is 6.92 Å². The molecule has 66 valence electrons. The first-order valence-electron chi connectivity index (χ1n) is 3.62. The van der Waals surface area contributed by atoms with E-state index in [4.69, 9.17) is 9.47 Å². The molecule has 0 amide bonds. The molecule has 0 saturated heterocycles. The van der Waals surface area contributed by atoms with E-state index in [0.29, 0.717) is 0 Å². The molecule has 0 fully saturated rings. The lowest BCUT2D eigenvalue weighted by molar-refractivity contribution is 0.0505. The second-order valence-corrected chi connectivity index (χ2v) is 3.23. The van der Waals surface area contributed by atoms with E-state index in [1.165, 1.54) is 0 Å². The maximum Gasteiger partial charge on any atom is 0.188 e. The van der Waals surface area contributed by atoms with Gasteiger partial charge in [0.2, 0.25) is 0 Å². The van der Waals surface area contributed by atoms with Crippen LogP contribution < -0.4 is 4.74 Å². The summed E-state index contributed by atoms with van der Waals surface area (Å²) in [5.41, 5.74) is 1.16. The fourth-order valence-corrected chi connectivity index (χ4v) is 1.23. The van der Waals surface area contributed by atoms with Crippen molar-refractivity contribution in [1.29, 1.82) is 0 Å². The Kier molecular flexibility index (Phi) is 3.56. The van der Waals surface area contributed by atoms with Crippen molar-refractivity contribution in [2.45, 2.75) is 6.92 Å². The molecule has 3 heteroatoms. The van der Waals surface area contributed by atoms with Gasteiger partial charge < -0.3 is 9.47 Å². The minimum absolute atomic E-state index is 0.280. The number of methoxy groups -OCH3 is 1. The molecule has 0 N–H and O–H groups in total. The van der Waals surface area contributed by atoms with Gasteiger partial charge in [-0.2, -0.15) is 0 Å². The Morgan fingerprint density at radius 3 is 2.83 bits per heavy atom. The zero-order chi connectivity index (χ0) is 8.97. The highest BCUT2D eigenvalue weighted by Crippen LogP contribution is 2.27. The third-order valence-electron chi connectivity index (χ3n) is 1.49. The van der Waals surface area contributed by atoms with Crippen molar-refractivity contribution in [3.63, 3.8) is 0 Å². The van der Waals surface area contributed by atoms with Gasteiger partial charge in [0.15, 0.2) is 6.79 Å². The zero-order valence-corrected chi connectivity index (χ0v) is 8.72. The lowest BCUT2D eigenvalue weighted by Gasteiger charge is -2.07. The van der Waals surface area contributed by atoms with Crippen LogP contribution in [0.15, 0.2) is 22.7 Å². The lowest BCUT2D eigenvalue weighted by Crippen LogP contribution is -1.99. The van der Waals surface area contributed by atoms with Gasteiger partial charge in [0.05, 0.1) is 4.47 Å². The smallest absolute Gasteiger partial charge is 0.188 e. The van der Waals surface area contributed by atoms with Gasteiger partial charge in [0.1, 0.15) is 5.75 Å². The van der Waals surface area contributed by atoms with E-state index >= 15 is 0 Å². The van der Waals surface area contributed by atoms with Crippen LogP contribution in [0.3, 0.4) is 0 Å². The highest BCUT2D eigenvalue weighted by atomic mass is 79.9. The summed E-state index contributed by atoms with van der Waals surface area (Å²) >= 11 is 3.43. The van der Waals surface area contributed by atoms with Crippen molar-refractivity contribution in [3.05, 3.63) is 28.2 Å². The molecule has 12 heavy (non-hydrogen) atoms. The van der Waals surface area contributed by atoms with Gasteiger partial charge in [-0.3, -0.25) is 0 Å². The molecule has 2 nitrogen and oxygen atoms in total. The number of hydrogen-bond donors (Lipinski definition) is 0. The van der Waals surface area contributed by atoms with Gasteiger partial charge in [-0.25, -0.2) is 0 Å². The van der Waals surface area contributed by atoms with Crippen LogP contribution >= 0.6 is 15.9 Å². The molecule has 0 saturated carbocycles. The van der Waals surface area contributed by atoms with Crippen molar-refractivity contribution >= 4 is 15.9 Å². The van der Waals surface area contributed by atoms with Crippen LogP contribution in [0.4, 0.5) is 0 Å². The number of hydrogen-bond acceptors (Lipinski definition) is 2. The quantitative estimate of drug-likeness (QED) is 0.744. The fraction of sp³-hybridized carbons (Fsp3) is 0.333. The molecule has 0 heterocycles. The van der Waals surface area contributed by atoms with Crippen molar-refractivity contribution < 1.29 is 9.47 Å². The number of rotatable bonds is 3. The van der Waals surface area contributed by atoms with Crippen LogP contribution in [-0.2, 0) is 4.74 Å². The van der Waals surface area contributed by atoms with E-state index in [-0.39, 0.29) is 6.79 Å². The van der Waals surface area contributed by atoms with E-state index in [0.717, 1.165) is 15.8 Å². The number of benzene rings is 1. The van der Waals surface area contributed by atoms with Crippen LogP contribution in [0.1, 0.15) is 5.56 Å². The average molecular weight is 231 g/mol. The highest BCUT2D eigenvalue weighted by Gasteiger charge is 2.01. The summed E-state index contributed by atoms with van der Waals surface area (Å²) in [6.45, 7) is 2.30. The second-order valence-electron chi connectivity index (χ2n) is 2.44. The maximum atomic E-state index is 5.30. The zero-order valence-electron chi connectivity index (χ0n) is 7.13. The lowest BCUT2D eigenvalue weighted by atomic mass is 10.2. The molecule has 0 atom stereocenters. The Bertz CT molecular complexity index is 261. The largest absolute Gasteiger partial charge is 0.466 e. The summed E-state index contributed by atoms with van der Waals surface area (Å²) in [7, 11) is 1.60. The molecule has 0 aliphatic rings. The van der Waals surface area contributed by atoms with Crippen LogP contribution in [0.2, 0.25) is 0 Å². The Hall–Kier alpha value is -0.540. The van der Waals surface area contributed by atoms with Gasteiger partial charge in [-0.15, -0.1) is 0 Å².